The van der Waals surface area contributed by atoms with Crippen LogP contribution in [0.15, 0.2) is 12.5 Å². The van der Waals surface area contributed by atoms with E-state index in [1.807, 2.05) is 6.20 Å². The maximum absolute atomic E-state index is 8.35. The van der Waals surface area contributed by atoms with Crippen LogP contribution in [0.5, 0.6) is 0 Å². The highest BCUT2D eigenvalue weighted by molar-refractivity contribution is 5.26. The van der Waals surface area contributed by atoms with Gasteiger partial charge in [0, 0.05) is 30.4 Å². The van der Waals surface area contributed by atoms with Crippen LogP contribution in [0.25, 0.3) is 0 Å². The molecule has 15 heavy (non-hydrogen) atoms. The van der Waals surface area contributed by atoms with Crippen molar-refractivity contribution in [3.8, 4) is 0 Å². The summed E-state index contributed by atoms with van der Waals surface area (Å²) < 4.78 is 0. The number of carbonyl (C=O) groups excluding carboxylic acids is 1. The summed E-state index contributed by atoms with van der Waals surface area (Å²) in [7, 11) is 0. The van der Waals surface area contributed by atoms with E-state index < -0.39 is 0 Å². The molecule has 0 unspecified atom stereocenters. The van der Waals surface area contributed by atoms with E-state index in [4.69, 9.17) is 10.2 Å². The standard InChI is InChI=1S/C9H17N3.CHNO/c1-7(2)12-8(3)4-9-5-10-6-11-9;2-1-3/h5-8,12H,4H2,1-3H3,(H,10,11);2H/t8-;/m1./s1. The Morgan fingerprint density at radius 1 is 1.60 bits per heavy atom. The molecule has 84 valence electrons. The van der Waals surface area contributed by atoms with Crippen molar-refractivity contribution in [1.82, 2.24) is 15.3 Å². The van der Waals surface area contributed by atoms with E-state index in [1.165, 1.54) is 5.69 Å². The normalized spacial score (nSPS) is 11.5. The van der Waals surface area contributed by atoms with E-state index >= 15 is 0 Å². The summed E-state index contributed by atoms with van der Waals surface area (Å²) in [6, 6.07) is 1.05. The van der Waals surface area contributed by atoms with Gasteiger partial charge in [0.1, 0.15) is 0 Å². The number of aromatic amines is 1. The van der Waals surface area contributed by atoms with Gasteiger partial charge < -0.3 is 10.3 Å². The topological polar surface area (TPSA) is 81.6 Å². The molecule has 1 rings (SSSR count). The number of hydrogen-bond donors (Lipinski definition) is 3. The highest BCUT2D eigenvalue weighted by Gasteiger charge is 2.04. The molecule has 0 spiro atoms. The average molecular weight is 210 g/mol. The van der Waals surface area contributed by atoms with Gasteiger partial charge in [0.2, 0.25) is 6.08 Å². The highest BCUT2D eigenvalue weighted by atomic mass is 16.1. The lowest BCUT2D eigenvalue weighted by atomic mass is 10.2. The van der Waals surface area contributed by atoms with E-state index in [0.717, 1.165) is 12.5 Å². The Morgan fingerprint density at radius 3 is 2.60 bits per heavy atom. The summed E-state index contributed by atoms with van der Waals surface area (Å²) in [5.41, 5.74) is 1.19. The van der Waals surface area contributed by atoms with Crippen LogP contribution in [0.2, 0.25) is 0 Å². The van der Waals surface area contributed by atoms with Crippen LogP contribution in [0.4, 0.5) is 0 Å². The van der Waals surface area contributed by atoms with Crippen molar-refractivity contribution in [2.45, 2.75) is 39.3 Å². The Labute approximate surface area is 89.8 Å². The molecule has 1 aromatic rings. The molecule has 0 bridgehead atoms. The largest absolute Gasteiger partial charge is 0.348 e. The number of imidazole rings is 1. The van der Waals surface area contributed by atoms with Gasteiger partial charge in [-0.1, -0.05) is 13.8 Å². The molecule has 1 heterocycles. The summed E-state index contributed by atoms with van der Waals surface area (Å²) in [6.45, 7) is 6.49. The fourth-order valence-corrected chi connectivity index (χ4v) is 1.35. The molecular weight excluding hydrogens is 192 g/mol. The van der Waals surface area contributed by atoms with Crippen molar-refractivity contribution >= 4 is 6.08 Å². The molecule has 5 heteroatoms. The maximum atomic E-state index is 8.35. The fraction of sp³-hybridized carbons (Fsp3) is 0.600. The van der Waals surface area contributed by atoms with Gasteiger partial charge in [-0.05, 0) is 6.92 Å². The lowest BCUT2D eigenvalue weighted by molar-refractivity contribution is 0.485. The smallest absolute Gasteiger partial charge is 0.231 e. The molecular formula is C10H18N4O. The van der Waals surface area contributed by atoms with Crippen LogP contribution in [0, 0.1) is 5.41 Å². The summed E-state index contributed by atoms with van der Waals surface area (Å²) in [5, 5.41) is 8.84. The van der Waals surface area contributed by atoms with Crippen LogP contribution in [0.1, 0.15) is 26.5 Å². The Kier molecular flexibility index (Phi) is 7.14. The van der Waals surface area contributed by atoms with Crippen molar-refractivity contribution in [3.63, 3.8) is 0 Å². The lowest BCUT2D eigenvalue weighted by Crippen LogP contribution is -2.33. The first-order valence-corrected chi connectivity index (χ1v) is 4.87. The highest BCUT2D eigenvalue weighted by Crippen LogP contribution is 1.98. The van der Waals surface area contributed by atoms with E-state index in [2.05, 4.69) is 36.1 Å². The second-order valence-electron chi connectivity index (χ2n) is 3.61. The lowest BCUT2D eigenvalue weighted by Gasteiger charge is -2.15. The molecule has 1 atom stereocenters. The fourth-order valence-electron chi connectivity index (χ4n) is 1.35. The Hall–Kier alpha value is -1.45. The summed E-state index contributed by atoms with van der Waals surface area (Å²) in [4.78, 5) is 15.4. The van der Waals surface area contributed by atoms with Crippen molar-refractivity contribution in [2.75, 3.05) is 0 Å². The molecule has 5 nitrogen and oxygen atoms in total. The van der Waals surface area contributed by atoms with Crippen LogP contribution in [0.3, 0.4) is 0 Å². The third-order valence-electron chi connectivity index (χ3n) is 1.70. The van der Waals surface area contributed by atoms with E-state index in [0.29, 0.717) is 12.1 Å². The van der Waals surface area contributed by atoms with E-state index in [-0.39, 0.29) is 0 Å². The van der Waals surface area contributed by atoms with Gasteiger partial charge in [0.15, 0.2) is 0 Å². The minimum atomic E-state index is 0.505. The van der Waals surface area contributed by atoms with Gasteiger partial charge in [0.25, 0.3) is 0 Å². The zero-order valence-electron chi connectivity index (χ0n) is 9.37. The monoisotopic (exact) mass is 210 g/mol. The van der Waals surface area contributed by atoms with Crippen molar-refractivity contribution < 1.29 is 4.79 Å². The average Bonchev–Trinajstić information content (AvgIpc) is 2.56. The van der Waals surface area contributed by atoms with Gasteiger partial charge in [-0.3, -0.25) is 0 Å². The van der Waals surface area contributed by atoms with Crippen LogP contribution in [-0.4, -0.2) is 28.1 Å². The number of H-pyrrole nitrogens is 1. The molecule has 0 aliphatic heterocycles. The predicted molar refractivity (Wildman–Crippen MR) is 58.4 cm³/mol. The first-order valence-electron chi connectivity index (χ1n) is 4.87. The zero-order valence-corrected chi connectivity index (χ0v) is 9.37. The quantitative estimate of drug-likeness (QED) is 0.516. The maximum Gasteiger partial charge on any atom is 0.231 e. The van der Waals surface area contributed by atoms with Crippen molar-refractivity contribution in [1.29, 1.82) is 5.41 Å². The summed E-state index contributed by atoms with van der Waals surface area (Å²) >= 11 is 0. The minimum Gasteiger partial charge on any atom is -0.348 e. The molecule has 0 fully saturated rings. The molecule has 0 aliphatic carbocycles. The molecule has 1 aromatic heterocycles. The number of isocyanates is 1. The number of aromatic nitrogens is 2. The van der Waals surface area contributed by atoms with Crippen LogP contribution >= 0.6 is 0 Å². The van der Waals surface area contributed by atoms with Crippen molar-refractivity contribution in [2.24, 2.45) is 0 Å². The third kappa shape index (κ3) is 7.61. The van der Waals surface area contributed by atoms with Crippen LogP contribution in [-0.2, 0) is 11.2 Å². The minimum absolute atomic E-state index is 0.505. The Bertz CT molecular complexity index is 276. The zero-order chi connectivity index (χ0) is 11.7. The summed E-state index contributed by atoms with van der Waals surface area (Å²) in [5.74, 6) is 0. The molecule has 0 saturated heterocycles. The second kappa shape index (κ2) is 7.91. The number of rotatable bonds is 4. The van der Waals surface area contributed by atoms with Gasteiger partial charge in [-0.2, -0.15) is 0 Å². The third-order valence-corrected chi connectivity index (χ3v) is 1.70. The summed E-state index contributed by atoms with van der Waals surface area (Å²) in [6.07, 6.45) is 5.36. The number of nitrogens with one attached hydrogen (secondary N) is 3. The van der Waals surface area contributed by atoms with Gasteiger partial charge in [0.05, 0.1) is 6.33 Å². The van der Waals surface area contributed by atoms with Gasteiger partial charge in [-0.25, -0.2) is 15.2 Å². The first kappa shape index (κ1) is 13.5. The SMILES string of the molecule is CC(C)N[C@H](C)Cc1cnc[nH]1.N=C=O. The number of nitrogens with zero attached hydrogens (tertiary/aromatic N) is 1. The Morgan fingerprint density at radius 2 is 2.20 bits per heavy atom. The van der Waals surface area contributed by atoms with E-state index in [1.54, 1.807) is 6.33 Å². The van der Waals surface area contributed by atoms with Gasteiger partial charge >= 0.3 is 0 Å². The second-order valence-corrected chi connectivity index (χ2v) is 3.61. The first-order chi connectivity index (χ1) is 7.10. The van der Waals surface area contributed by atoms with E-state index in [9.17, 15) is 0 Å². The molecule has 0 aliphatic rings. The molecule has 0 saturated carbocycles. The Balaban J connectivity index is 0.000000583. The van der Waals surface area contributed by atoms with Crippen LogP contribution < -0.4 is 5.32 Å². The molecule has 0 aromatic carbocycles. The molecule has 0 radical (unpaired) electrons. The van der Waals surface area contributed by atoms with Gasteiger partial charge in [-0.15, -0.1) is 0 Å². The predicted octanol–water partition coefficient (Wildman–Crippen LogP) is 1.24. The number of hydrogen-bond acceptors (Lipinski definition) is 4. The molecule has 0 amide bonds. The molecule has 3 N–H and O–H groups in total. The van der Waals surface area contributed by atoms with Crippen molar-refractivity contribution in [3.05, 3.63) is 18.2 Å².